The SMILES string of the molecule is Cc1ccc(S(=O)(=O)N(CC(=O)N(CCc2ccccc2)C(C)C(=O)NC(C)C)c2cc(Cl)cc(Cl)c2)cc1. The van der Waals surface area contributed by atoms with E-state index in [2.05, 4.69) is 5.32 Å². The first-order valence-electron chi connectivity index (χ1n) is 12.6. The van der Waals surface area contributed by atoms with E-state index in [0.717, 1.165) is 15.4 Å². The van der Waals surface area contributed by atoms with Crippen molar-refractivity contribution in [1.82, 2.24) is 10.2 Å². The molecule has 0 saturated heterocycles. The number of amides is 2. The van der Waals surface area contributed by atoms with Crippen molar-refractivity contribution in [1.29, 1.82) is 0 Å². The number of aryl methyl sites for hydroxylation is 1. The Bertz CT molecular complexity index is 1380. The number of nitrogens with one attached hydrogen (secondary N) is 1. The van der Waals surface area contributed by atoms with Crippen LogP contribution in [0.4, 0.5) is 5.69 Å². The summed E-state index contributed by atoms with van der Waals surface area (Å²) in [4.78, 5) is 28.2. The molecule has 0 heterocycles. The van der Waals surface area contributed by atoms with Gasteiger partial charge in [0.15, 0.2) is 0 Å². The predicted octanol–water partition coefficient (Wildman–Crippen LogP) is 5.48. The van der Waals surface area contributed by atoms with Crippen LogP contribution in [0.15, 0.2) is 77.7 Å². The van der Waals surface area contributed by atoms with Crippen LogP contribution >= 0.6 is 23.2 Å². The number of carbonyl (C=O) groups is 2. The van der Waals surface area contributed by atoms with Gasteiger partial charge >= 0.3 is 0 Å². The molecule has 208 valence electrons. The molecule has 0 bridgehead atoms. The van der Waals surface area contributed by atoms with Gasteiger partial charge in [0.25, 0.3) is 10.0 Å². The van der Waals surface area contributed by atoms with Gasteiger partial charge in [-0.2, -0.15) is 0 Å². The Morgan fingerprint density at radius 1 is 0.897 bits per heavy atom. The number of sulfonamides is 1. The predicted molar refractivity (Wildman–Crippen MR) is 157 cm³/mol. The lowest BCUT2D eigenvalue weighted by Crippen LogP contribution is -2.53. The Morgan fingerprint density at radius 2 is 1.49 bits per heavy atom. The maximum Gasteiger partial charge on any atom is 0.264 e. The van der Waals surface area contributed by atoms with Crippen molar-refractivity contribution in [3.05, 3.63) is 94.0 Å². The van der Waals surface area contributed by atoms with E-state index in [9.17, 15) is 18.0 Å². The summed E-state index contributed by atoms with van der Waals surface area (Å²) in [5, 5.41) is 3.28. The fourth-order valence-electron chi connectivity index (χ4n) is 4.02. The van der Waals surface area contributed by atoms with Gasteiger partial charge in [-0.1, -0.05) is 71.2 Å². The summed E-state index contributed by atoms with van der Waals surface area (Å²) in [5.74, 6) is -0.866. The molecule has 0 spiro atoms. The lowest BCUT2D eigenvalue weighted by atomic mass is 10.1. The van der Waals surface area contributed by atoms with Gasteiger partial charge in [-0.05, 0) is 70.0 Å². The van der Waals surface area contributed by atoms with Crippen LogP contribution in [0.3, 0.4) is 0 Å². The van der Waals surface area contributed by atoms with Gasteiger partial charge in [-0.25, -0.2) is 8.42 Å². The summed E-state index contributed by atoms with van der Waals surface area (Å²) in [7, 11) is -4.20. The number of benzene rings is 3. The van der Waals surface area contributed by atoms with E-state index in [1.165, 1.54) is 35.2 Å². The Kier molecular flexibility index (Phi) is 10.4. The number of hydrogen-bond donors (Lipinski definition) is 1. The first-order valence-corrected chi connectivity index (χ1v) is 14.8. The van der Waals surface area contributed by atoms with E-state index < -0.39 is 28.5 Å². The molecule has 1 unspecified atom stereocenters. The Labute approximate surface area is 240 Å². The minimum atomic E-state index is -4.20. The lowest BCUT2D eigenvalue weighted by molar-refractivity contribution is -0.139. The maximum atomic E-state index is 13.9. The molecule has 0 aliphatic heterocycles. The summed E-state index contributed by atoms with van der Waals surface area (Å²) in [6.45, 7) is 6.81. The topological polar surface area (TPSA) is 86.8 Å². The van der Waals surface area contributed by atoms with Crippen molar-refractivity contribution in [3.63, 3.8) is 0 Å². The Hall–Kier alpha value is -3.07. The molecule has 0 aliphatic rings. The minimum Gasteiger partial charge on any atom is -0.352 e. The van der Waals surface area contributed by atoms with Crippen molar-refractivity contribution < 1.29 is 18.0 Å². The summed E-state index contributed by atoms with van der Waals surface area (Å²) >= 11 is 12.4. The second-order valence-electron chi connectivity index (χ2n) is 9.61. The maximum absolute atomic E-state index is 13.9. The van der Waals surface area contributed by atoms with Crippen LogP contribution in [-0.4, -0.2) is 50.3 Å². The summed E-state index contributed by atoms with van der Waals surface area (Å²) in [5.41, 5.74) is 2.01. The van der Waals surface area contributed by atoms with Crippen molar-refractivity contribution in [3.8, 4) is 0 Å². The molecule has 0 aliphatic carbocycles. The zero-order valence-electron chi connectivity index (χ0n) is 22.4. The molecule has 0 aromatic heterocycles. The number of carbonyl (C=O) groups excluding carboxylic acids is 2. The van der Waals surface area contributed by atoms with Crippen molar-refractivity contribution >= 4 is 50.7 Å². The standard InChI is InChI=1S/C29H33Cl2N3O4S/c1-20(2)32-29(36)22(4)33(15-14-23-8-6-5-7-9-23)28(35)19-34(26-17-24(30)16-25(31)18-26)39(37,38)27-12-10-21(3)11-13-27/h5-13,16-18,20,22H,14-15,19H2,1-4H3,(H,32,36). The van der Waals surface area contributed by atoms with E-state index in [0.29, 0.717) is 6.42 Å². The van der Waals surface area contributed by atoms with Crippen molar-refractivity contribution in [2.75, 3.05) is 17.4 Å². The molecule has 0 radical (unpaired) electrons. The van der Waals surface area contributed by atoms with E-state index in [1.54, 1.807) is 19.1 Å². The molecule has 0 fully saturated rings. The van der Waals surface area contributed by atoms with Gasteiger partial charge in [0.2, 0.25) is 11.8 Å². The number of anilines is 1. The third kappa shape index (κ3) is 8.21. The largest absolute Gasteiger partial charge is 0.352 e. The molecule has 10 heteroatoms. The van der Waals surface area contributed by atoms with Crippen LogP contribution in [0.25, 0.3) is 0 Å². The molecule has 39 heavy (non-hydrogen) atoms. The average molecular weight is 591 g/mol. The monoisotopic (exact) mass is 589 g/mol. The number of nitrogens with zero attached hydrogens (tertiary/aromatic N) is 2. The van der Waals surface area contributed by atoms with Gasteiger partial charge in [-0.3, -0.25) is 13.9 Å². The number of hydrogen-bond acceptors (Lipinski definition) is 4. The van der Waals surface area contributed by atoms with Crippen LogP contribution in [0.2, 0.25) is 10.0 Å². The first kappa shape index (κ1) is 30.5. The summed E-state index contributed by atoms with van der Waals surface area (Å²) < 4.78 is 28.7. The fraction of sp³-hybridized carbons (Fsp3) is 0.310. The molecule has 3 aromatic rings. The highest BCUT2D eigenvalue weighted by Gasteiger charge is 2.32. The van der Waals surface area contributed by atoms with Crippen LogP contribution in [0, 0.1) is 6.92 Å². The molecule has 7 nitrogen and oxygen atoms in total. The zero-order valence-corrected chi connectivity index (χ0v) is 24.7. The molecular weight excluding hydrogens is 557 g/mol. The summed E-state index contributed by atoms with van der Waals surface area (Å²) in [6.07, 6.45) is 0.486. The van der Waals surface area contributed by atoms with Gasteiger partial charge in [-0.15, -0.1) is 0 Å². The van der Waals surface area contributed by atoms with E-state index >= 15 is 0 Å². The van der Waals surface area contributed by atoms with Crippen LogP contribution < -0.4 is 9.62 Å². The van der Waals surface area contributed by atoms with E-state index in [-0.39, 0.29) is 39.1 Å². The van der Waals surface area contributed by atoms with Gasteiger partial charge in [0.1, 0.15) is 12.6 Å². The van der Waals surface area contributed by atoms with E-state index in [4.69, 9.17) is 23.2 Å². The molecule has 3 aromatic carbocycles. The lowest BCUT2D eigenvalue weighted by Gasteiger charge is -2.32. The quantitative estimate of drug-likeness (QED) is 0.321. The zero-order chi connectivity index (χ0) is 28.7. The normalized spacial score (nSPS) is 12.2. The number of halogens is 2. The van der Waals surface area contributed by atoms with Gasteiger partial charge < -0.3 is 10.2 Å². The van der Waals surface area contributed by atoms with Gasteiger partial charge in [0, 0.05) is 22.6 Å². The minimum absolute atomic E-state index is 0.0124. The molecule has 1 N–H and O–H groups in total. The molecule has 1 atom stereocenters. The van der Waals surface area contributed by atoms with Crippen molar-refractivity contribution in [2.24, 2.45) is 0 Å². The Morgan fingerprint density at radius 3 is 2.05 bits per heavy atom. The second kappa shape index (κ2) is 13.3. The smallest absolute Gasteiger partial charge is 0.264 e. The van der Waals surface area contributed by atoms with Crippen molar-refractivity contribution in [2.45, 2.75) is 51.1 Å². The van der Waals surface area contributed by atoms with Gasteiger partial charge in [0.05, 0.1) is 10.6 Å². The third-order valence-electron chi connectivity index (χ3n) is 6.11. The third-order valence-corrected chi connectivity index (χ3v) is 8.33. The summed E-state index contributed by atoms with van der Waals surface area (Å²) in [6, 6.07) is 19.3. The van der Waals surface area contributed by atoms with Crippen LogP contribution in [0.1, 0.15) is 31.9 Å². The first-order chi connectivity index (χ1) is 18.4. The highest BCUT2D eigenvalue weighted by Crippen LogP contribution is 2.30. The molecule has 2 amide bonds. The molecular formula is C29H33Cl2N3O4S. The molecule has 0 saturated carbocycles. The van der Waals surface area contributed by atoms with Crippen LogP contribution in [-0.2, 0) is 26.0 Å². The molecule has 3 rings (SSSR count). The average Bonchev–Trinajstić information content (AvgIpc) is 2.87. The second-order valence-corrected chi connectivity index (χ2v) is 12.3. The van der Waals surface area contributed by atoms with Crippen LogP contribution in [0.5, 0.6) is 0 Å². The fourth-order valence-corrected chi connectivity index (χ4v) is 5.94. The van der Waals surface area contributed by atoms with E-state index in [1.807, 2.05) is 51.1 Å². The number of rotatable bonds is 11. The Balaban J connectivity index is 2.01. The highest BCUT2D eigenvalue weighted by atomic mass is 35.5. The highest BCUT2D eigenvalue weighted by molar-refractivity contribution is 7.92.